The first-order valence-corrected chi connectivity index (χ1v) is 6.03. The summed E-state index contributed by atoms with van der Waals surface area (Å²) in [5.74, 6) is 0.249. The van der Waals surface area contributed by atoms with E-state index in [1.165, 1.54) is 0 Å². The summed E-state index contributed by atoms with van der Waals surface area (Å²) in [5.41, 5.74) is 1.70. The van der Waals surface area contributed by atoms with Crippen molar-refractivity contribution in [1.29, 1.82) is 0 Å². The molecule has 0 unspecified atom stereocenters. The average Bonchev–Trinajstić information content (AvgIpc) is 2.13. The Morgan fingerprint density at radius 2 is 1.53 bits per heavy atom. The van der Waals surface area contributed by atoms with Crippen molar-refractivity contribution in [2.45, 2.75) is 54.4 Å². The molecule has 0 aliphatic carbocycles. The molecule has 0 spiro atoms. The van der Waals surface area contributed by atoms with Gasteiger partial charge in [-0.3, -0.25) is 4.79 Å². The molecule has 96 valence electrons. The molecule has 17 heavy (non-hydrogen) atoms. The van der Waals surface area contributed by atoms with Gasteiger partial charge in [-0.1, -0.05) is 31.6 Å². The Labute approximate surface area is 105 Å². The third-order valence-corrected chi connectivity index (χ3v) is 2.79. The number of carbonyl (C=O) groups excluding carboxylic acids is 2. The number of ketones is 2. The third kappa shape index (κ3) is 6.20. The molecule has 0 atom stereocenters. The molecule has 0 aromatic heterocycles. The highest BCUT2D eigenvalue weighted by molar-refractivity contribution is 5.94. The molecular formula is C15H24O2. The van der Waals surface area contributed by atoms with Gasteiger partial charge in [-0.15, -0.1) is 0 Å². The Bertz CT molecular complexity index is 353. The molecule has 0 saturated heterocycles. The Morgan fingerprint density at radius 1 is 1.00 bits per heavy atom. The molecule has 0 heterocycles. The SMILES string of the molecule is CC(=O)CCC(C)(C)/C(=C\C=C(C)C)C(C)=O. The summed E-state index contributed by atoms with van der Waals surface area (Å²) in [6.07, 6.45) is 5.07. The van der Waals surface area contributed by atoms with Gasteiger partial charge in [-0.25, -0.2) is 0 Å². The minimum atomic E-state index is -0.247. The zero-order valence-electron chi connectivity index (χ0n) is 11.9. The fraction of sp³-hybridized carbons (Fsp3) is 0.600. The Kier molecular flexibility index (Phi) is 6.08. The molecular weight excluding hydrogens is 212 g/mol. The summed E-state index contributed by atoms with van der Waals surface area (Å²) in [5, 5.41) is 0. The van der Waals surface area contributed by atoms with Gasteiger partial charge in [0.05, 0.1) is 0 Å². The van der Waals surface area contributed by atoms with Gasteiger partial charge in [-0.05, 0) is 39.5 Å². The Balaban J connectivity index is 5.04. The van der Waals surface area contributed by atoms with Crippen molar-refractivity contribution in [3.8, 4) is 0 Å². The van der Waals surface area contributed by atoms with Crippen molar-refractivity contribution < 1.29 is 9.59 Å². The first kappa shape index (κ1) is 15.8. The number of hydrogen-bond donors (Lipinski definition) is 0. The van der Waals surface area contributed by atoms with Crippen LogP contribution in [0.2, 0.25) is 0 Å². The predicted octanol–water partition coefficient (Wildman–Crippen LogP) is 3.86. The zero-order valence-corrected chi connectivity index (χ0v) is 11.9. The van der Waals surface area contributed by atoms with Gasteiger partial charge in [0, 0.05) is 12.0 Å². The van der Waals surface area contributed by atoms with Gasteiger partial charge < -0.3 is 4.79 Å². The van der Waals surface area contributed by atoms with E-state index in [0.29, 0.717) is 12.8 Å². The molecule has 2 nitrogen and oxygen atoms in total. The van der Waals surface area contributed by atoms with Crippen LogP contribution in [-0.4, -0.2) is 11.6 Å². The smallest absolute Gasteiger partial charge is 0.156 e. The quantitative estimate of drug-likeness (QED) is 0.518. The highest BCUT2D eigenvalue weighted by Crippen LogP contribution is 2.32. The largest absolute Gasteiger partial charge is 0.300 e. The Morgan fingerprint density at radius 3 is 1.88 bits per heavy atom. The van der Waals surface area contributed by atoms with Crippen LogP contribution in [0.5, 0.6) is 0 Å². The van der Waals surface area contributed by atoms with Gasteiger partial charge >= 0.3 is 0 Å². The van der Waals surface area contributed by atoms with E-state index in [2.05, 4.69) is 0 Å². The first-order chi connectivity index (χ1) is 7.66. The second-order valence-corrected chi connectivity index (χ2v) is 5.47. The van der Waals surface area contributed by atoms with Crippen LogP contribution in [0.4, 0.5) is 0 Å². The van der Waals surface area contributed by atoms with E-state index in [0.717, 1.165) is 11.1 Å². The standard InChI is InChI=1S/C15H24O2/c1-11(2)7-8-14(13(4)17)15(5,6)10-9-12(3)16/h7-8H,9-10H2,1-6H3/b14-8-. The van der Waals surface area contributed by atoms with E-state index in [1.54, 1.807) is 13.8 Å². The second kappa shape index (κ2) is 6.53. The van der Waals surface area contributed by atoms with Crippen molar-refractivity contribution >= 4 is 11.6 Å². The summed E-state index contributed by atoms with van der Waals surface area (Å²) in [4.78, 5) is 22.7. The summed E-state index contributed by atoms with van der Waals surface area (Å²) < 4.78 is 0. The maximum absolute atomic E-state index is 11.7. The van der Waals surface area contributed by atoms with Gasteiger partial charge in [-0.2, -0.15) is 0 Å². The minimum absolute atomic E-state index is 0.0797. The lowest BCUT2D eigenvalue weighted by Crippen LogP contribution is -2.20. The molecule has 0 saturated carbocycles. The first-order valence-electron chi connectivity index (χ1n) is 6.03. The van der Waals surface area contributed by atoms with Gasteiger partial charge in [0.2, 0.25) is 0 Å². The molecule has 0 aromatic rings. The summed E-state index contributed by atoms with van der Waals surface area (Å²) in [6.45, 7) is 11.2. The maximum atomic E-state index is 11.7. The molecule has 0 amide bonds. The van der Waals surface area contributed by atoms with Crippen LogP contribution in [0.15, 0.2) is 23.3 Å². The molecule has 0 fully saturated rings. The molecule has 0 aromatic carbocycles. The molecule has 0 aliphatic heterocycles. The number of allylic oxidation sites excluding steroid dienone is 4. The average molecular weight is 236 g/mol. The van der Waals surface area contributed by atoms with Crippen molar-refractivity contribution in [2.24, 2.45) is 5.41 Å². The fourth-order valence-electron chi connectivity index (χ4n) is 1.69. The molecule has 0 bridgehead atoms. The number of hydrogen-bond acceptors (Lipinski definition) is 2. The van der Waals surface area contributed by atoms with Crippen molar-refractivity contribution in [3.05, 3.63) is 23.3 Å². The van der Waals surface area contributed by atoms with Crippen molar-refractivity contribution in [3.63, 3.8) is 0 Å². The summed E-state index contributed by atoms with van der Waals surface area (Å²) in [6, 6.07) is 0. The second-order valence-electron chi connectivity index (χ2n) is 5.47. The minimum Gasteiger partial charge on any atom is -0.300 e. The molecule has 2 heteroatoms. The maximum Gasteiger partial charge on any atom is 0.156 e. The van der Waals surface area contributed by atoms with E-state index in [-0.39, 0.29) is 17.0 Å². The van der Waals surface area contributed by atoms with Crippen LogP contribution in [0.25, 0.3) is 0 Å². The van der Waals surface area contributed by atoms with Gasteiger partial charge in [0.15, 0.2) is 5.78 Å². The topological polar surface area (TPSA) is 34.1 Å². The zero-order chi connectivity index (χ0) is 13.6. The molecule has 0 rings (SSSR count). The monoisotopic (exact) mass is 236 g/mol. The molecule has 0 N–H and O–H groups in total. The third-order valence-electron chi connectivity index (χ3n) is 2.79. The van der Waals surface area contributed by atoms with Crippen LogP contribution in [-0.2, 0) is 9.59 Å². The number of carbonyl (C=O) groups is 2. The number of rotatable bonds is 6. The summed E-state index contributed by atoms with van der Waals surface area (Å²) in [7, 11) is 0. The number of Topliss-reactive ketones (excluding diaryl/α,β-unsaturated/α-hetero) is 2. The van der Waals surface area contributed by atoms with Crippen LogP contribution < -0.4 is 0 Å². The predicted molar refractivity (Wildman–Crippen MR) is 71.9 cm³/mol. The van der Waals surface area contributed by atoms with E-state index in [9.17, 15) is 9.59 Å². The lowest BCUT2D eigenvalue weighted by Gasteiger charge is -2.26. The van der Waals surface area contributed by atoms with E-state index in [4.69, 9.17) is 0 Å². The van der Waals surface area contributed by atoms with Crippen LogP contribution in [0.1, 0.15) is 54.4 Å². The lowest BCUT2D eigenvalue weighted by molar-refractivity contribution is -0.118. The fourth-order valence-corrected chi connectivity index (χ4v) is 1.69. The van der Waals surface area contributed by atoms with Crippen LogP contribution >= 0.6 is 0 Å². The van der Waals surface area contributed by atoms with Gasteiger partial charge in [0.1, 0.15) is 5.78 Å². The normalized spacial score (nSPS) is 12.2. The van der Waals surface area contributed by atoms with Gasteiger partial charge in [0.25, 0.3) is 0 Å². The highest BCUT2D eigenvalue weighted by atomic mass is 16.1. The summed E-state index contributed by atoms with van der Waals surface area (Å²) >= 11 is 0. The Hall–Kier alpha value is -1.18. The van der Waals surface area contributed by atoms with E-state index < -0.39 is 0 Å². The highest BCUT2D eigenvalue weighted by Gasteiger charge is 2.26. The molecule has 0 aliphatic rings. The van der Waals surface area contributed by atoms with E-state index in [1.807, 2.05) is 39.8 Å². The van der Waals surface area contributed by atoms with Crippen LogP contribution in [0.3, 0.4) is 0 Å². The lowest BCUT2D eigenvalue weighted by atomic mass is 9.77. The van der Waals surface area contributed by atoms with Crippen molar-refractivity contribution in [2.75, 3.05) is 0 Å². The molecule has 0 radical (unpaired) electrons. The van der Waals surface area contributed by atoms with E-state index >= 15 is 0 Å². The van der Waals surface area contributed by atoms with Crippen molar-refractivity contribution in [1.82, 2.24) is 0 Å². The van der Waals surface area contributed by atoms with Crippen LogP contribution in [0, 0.1) is 5.41 Å².